The molecule has 0 N–H and O–H groups in total. The molecule has 0 fully saturated rings. The van der Waals surface area contributed by atoms with Gasteiger partial charge in [-0.2, -0.15) is 0 Å². The molecule has 0 aliphatic heterocycles. The van der Waals surface area contributed by atoms with Crippen LogP contribution in [0.25, 0.3) is 0 Å². The maximum atomic E-state index is 2.52. The molecule has 0 bridgehead atoms. The number of hydrogen-bond donors (Lipinski definition) is 0. The fourth-order valence-corrected chi connectivity index (χ4v) is 9.25. The molecule has 0 saturated heterocycles. The second-order valence-corrected chi connectivity index (χ2v) is 17.6. The van der Waals surface area contributed by atoms with Crippen molar-refractivity contribution >= 4 is 16.1 Å². The van der Waals surface area contributed by atoms with Crippen LogP contribution in [0.15, 0.2) is 34.7 Å². The van der Waals surface area contributed by atoms with Gasteiger partial charge in [0.2, 0.25) is 0 Å². The van der Waals surface area contributed by atoms with Gasteiger partial charge in [0.1, 0.15) is 0 Å². The summed E-state index contributed by atoms with van der Waals surface area (Å²) in [5.41, 5.74) is 0. The standard InChI is InChI=1S/C15H26Si2/c1-16(2,3)14-11-10-12-8-7-9-13(12)15(14)17(4,5)6/h7,9-13H,8H2,1-6H3/t12-,13-/m0/s1. The van der Waals surface area contributed by atoms with E-state index in [2.05, 4.69) is 63.6 Å². The van der Waals surface area contributed by atoms with Crippen LogP contribution in [0, 0.1) is 11.8 Å². The van der Waals surface area contributed by atoms with Gasteiger partial charge in [-0.25, -0.2) is 0 Å². The van der Waals surface area contributed by atoms with Crippen molar-refractivity contribution in [3.8, 4) is 0 Å². The molecule has 2 aliphatic carbocycles. The maximum Gasteiger partial charge on any atom is 0.0770 e. The zero-order valence-corrected chi connectivity index (χ0v) is 14.2. The molecule has 2 atom stereocenters. The Morgan fingerprint density at radius 3 is 2.12 bits per heavy atom. The molecule has 94 valence electrons. The van der Waals surface area contributed by atoms with E-state index in [1.165, 1.54) is 6.42 Å². The van der Waals surface area contributed by atoms with E-state index in [-0.39, 0.29) is 0 Å². The van der Waals surface area contributed by atoms with Gasteiger partial charge < -0.3 is 0 Å². The Morgan fingerprint density at radius 1 is 0.941 bits per heavy atom. The average Bonchev–Trinajstić information content (AvgIpc) is 2.59. The van der Waals surface area contributed by atoms with E-state index >= 15 is 0 Å². The van der Waals surface area contributed by atoms with E-state index in [1.54, 1.807) is 5.20 Å². The fraction of sp³-hybridized carbons (Fsp3) is 0.600. The van der Waals surface area contributed by atoms with Crippen molar-refractivity contribution in [2.75, 3.05) is 0 Å². The lowest BCUT2D eigenvalue weighted by Crippen LogP contribution is -2.38. The highest BCUT2D eigenvalue weighted by atomic mass is 28.3. The van der Waals surface area contributed by atoms with Crippen molar-refractivity contribution in [1.82, 2.24) is 0 Å². The molecule has 0 aromatic carbocycles. The van der Waals surface area contributed by atoms with Crippen molar-refractivity contribution < 1.29 is 0 Å². The molecule has 2 aliphatic rings. The third kappa shape index (κ3) is 2.43. The summed E-state index contributed by atoms with van der Waals surface area (Å²) in [5.74, 6) is 1.52. The lowest BCUT2D eigenvalue weighted by atomic mass is 9.91. The number of rotatable bonds is 2. The number of hydrogen-bond acceptors (Lipinski definition) is 0. The van der Waals surface area contributed by atoms with Gasteiger partial charge in [-0.15, -0.1) is 0 Å². The Hall–Kier alpha value is -0.346. The second-order valence-electron chi connectivity index (χ2n) is 7.54. The number of allylic oxidation sites excluding steroid dienone is 6. The van der Waals surface area contributed by atoms with Crippen LogP contribution in [0.5, 0.6) is 0 Å². The minimum atomic E-state index is -1.20. The van der Waals surface area contributed by atoms with Crippen molar-refractivity contribution in [2.24, 2.45) is 11.8 Å². The summed E-state index contributed by atoms with van der Waals surface area (Å²) in [6, 6.07) is 0. The molecule has 0 spiro atoms. The van der Waals surface area contributed by atoms with E-state index < -0.39 is 16.1 Å². The molecular weight excluding hydrogens is 236 g/mol. The van der Waals surface area contributed by atoms with Crippen LogP contribution in [0.1, 0.15) is 6.42 Å². The normalized spacial score (nSPS) is 28.8. The third-order valence-corrected chi connectivity index (χ3v) is 8.48. The molecule has 0 amide bonds. The van der Waals surface area contributed by atoms with Gasteiger partial charge in [-0.1, -0.05) is 74.0 Å². The topological polar surface area (TPSA) is 0 Å². The molecule has 0 radical (unpaired) electrons. The van der Waals surface area contributed by atoms with Gasteiger partial charge in [0.15, 0.2) is 0 Å². The molecule has 0 saturated carbocycles. The lowest BCUT2D eigenvalue weighted by molar-refractivity contribution is 0.581. The average molecular weight is 263 g/mol. The third-order valence-electron chi connectivity index (χ3n) is 3.96. The fourth-order valence-electron chi connectivity index (χ4n) is 3.23. The van der Waals surface area contributed by atoms with E-state index in [0.717, 1.165) is 11.8 Å². The SMILES string of the molecule is C[Si](C)(C)C1=C([Si](C)(C)C)[C@H]2C=CC[C@H]2C=C1. The van der Waals surface area contributed by atoms with Crippen LogP contribution >= 0.6 is 0 Å². The first kappa shape index (κ1) is 13.1. The summed E-state index contributed by atoms with van der Waals surface area (Å²) in [6.45, 7) is 15.0. The van der Waals surface area contributed by atoms with Crippen LogP contribution in [0.4, 0.5) is 0 Å². The first-order chi connectivity index (χ1) is 7.71. The molecule has 0 unspecified atom stereocenters. The summed E-state index contributed by atoms with van der Waals surface area (Å²) < 4.78 is 0. The van der Waals surface area contributed by atoms with Gasteiger partial charge in [0.25, 0.3) is 0 Å². The van der Waals surface area contributed by atoms with Gasteiger partial charge in [0, 0.05) is 5.92 Å². The Morgan fingerprint density at radius 2 is 1.59 bits per heavy atom. The van der Waals surface area contributed by atoms with Gasteiger partial charge in [-0.3, -0.25) is 0 Å². The Labute approximate surface area is 109 Å². The van der Waals surface area contributed by atoms with E-state index in [4.69, 9.17) is 0 Å². The highest BCUT2D eigenvalue weighted by Crippen LogP contribution is 2.43. The van der Waals surface area contributed by atoms with Gasteiger partial charge in [0.05, 0.1) is 16.1 Å². The van der Waals surface area contributed by atoms with E-state index in [0.29, 0.717) is 0 Å². The minimum Gasteiger partial charge on any atom is -0.0873 e. The second kappa shape index (κ2) is 4.09. The van der Waals surface area contributed by atoms with Gasteiger partial charge >= 0.3 is 0 Å². The Balaban J connectivity index is 2.56. The summed E-state index contributed by atoms with van der Waals surface area (Å²) in [5, 5.41) is 3.61. The smallest absolute Gasteiger partial charge is 0.0770 e. The molecule has 0 nitrogen and oxygen atoms in total. The maximum absolute atomic E-state index is 2.52. The first-order valence-electron chi connectivity index (χ1n) is 6.81. The molecule has 0 aromatic heterocycles. The highest BCUT2D eigenvalue weighted by Gasteiger charge is 2.38. The Kier molecular flexibility index (Phi) is 3.15. The predicted molar refractivity (Wildman–Crippen MR) is 83.6 cm³/mol. The monoisotopic (exact) mass is 262 g/mol. The first-order valence-corrected chi connectivity index (χ1v) is 13.8. The Bertz CT molecular complexity index is 400. The largest absolute Gasteiger partial charge is 0.0873 e. The lowest BCUT2D eigenvalue weighted by Gasteiger charge is -2.38. The van der Waals surface area contributed by atoms with Crippen LogP contribution < -0.4 is 0 Å². The highest BCUT2D eigenvalue weighted by molar-refractivity contribution is 6.89. The molecule has 17 heavy (non-hydrogen) atoms. The zero-order valence-electron chi connectivity index (χ0n) is 12.2. The summed E-state index contributed by atoms with van der Waals surface area (Å²) in [7, 11) is -2.40. The van der Waals surface area contributed by atoms with E-state index in [9.17, 15) is 0 Å². The van der Waals surface area contributed by atoms with Crippen molar-refractivity contribution in [3.63, 3.8) is 0 Å². The molecule has 2 rings (SSSR count). The molecule has 0 aromatic rings. The van der Waals surface area contributed by atoms with Crippen molar-refractivity contribution in [2.45, 2.75) is 45.7 Å². The van der Waals surface area contributed by atoms with Crippen molar-refractivity contribution in [3.05, 3.63) is 34.7 Å². The van der Waals surface area contributed by atoms with Crippen LogP contribution in [0.3, 0.4) is 0 Å². The summed E-state index contributed by atoms with van der Waals surface area (Å²) in [4.78, 5) is 0. The predicted octanol–water partition coefficient (Wildman–Crippen LogP) is 4.80. The van der Waals surface area contributed by atoms with E-state index in [1.807, 2.05) is 5.20 Å². The molecular formula is C15H26Si2. The van der Waals surface area contributed by atoms with Gasteiger partial charge in [-0.05, 0) is 12.3 Å². The quantitative estimate of drug-likeness (QED) is 0.495. The summed E-state index contributed by atoms with van der Waals surface area (Å²) in [6.07, 6.45) is 11.1. The number of fused-ring (bicyclic) bond motifs is 1. The van der Waals surface area contributed by atoms with Crippen LogP contribution in [-0.4, -0.2) is 16.1 Å². The minimum absolute atomic E-state index is 0.744. The van der Waals surface area contributed by atoms with Crippen LogP contribution in [0.2, 0.25) is 39.3 Å². The van der Waals surface area contributed by atoms with Crippen LogP contribution in [-0.2, 0) is 0 Å². The summed E-state index contributed by atoms with van der Waals surface area (Å²) >= 11 is 0. The molecule has 2 heteroatoms. The zero-order chi connectivity index (χ0) is 12.8. The van der Waals surface area contributed by atoms with Crippen molar-refractivity contribution in [1.29, 1.82) is 0 Å². The molecule has 0 heterocycles.